The first-order valence-electron chi connectivity index (χ1n) is 8.78. The number of hydrogen-bond acceptors (Lipinski definition) is 5. The first kappa shape index (κ1) is 21.8. The molecule has 0 aromatic carbocycles. The molecule has 0 radical (unpaired) electrons. The van der Waals surface area contributed by atoms with Gasteiger partial charge in [-0.05, 0) is 18.9 Å². The van der Waals surface area contributed by atoms with Crippen LogP contribution in [0.25, 0.3) is 0 Å². The Morgan fingerprint density at radius 1 is 1.25 bits per heavy atom. The van der Waals surface area contributed by atoms with Gasteiger partial charge in [-0.15, -0.1) is 0 Å². The van der Waals surface area contributed by atoms with E-state index in [1.165, 1.54) is 4.90 Å². The predicted molar refractivity (Wildman–Crippen MR) is 96.2 cm³/mol. The fraction of sp³-hybridized carbons (Fsp3) is 0.556. The van der Waals surface area contributed by atoms with E-state index in [1.54, 1.807) is 4.90 Å². The number of piperidine rings is 1. The van der Waals surface area contributed by atoms with Crippen molar-refractivity contribution in [3.63, 3.8) is 0 Å². The summed E-state index contributed by atoms with van der Waals surface area (Å²) in [6, 6.07) is 4.84. The number of carbonyl (C=O) groups excluding carboxylic acids is 1. The van der Waals surface area contributed by atoms with E-state index in [1.807, 2.05) is 12.1 Å². The lowest BCUT2D eigenvalue weighted by molar-refractivity contribution is -0.138. The number of nitrogens with zero attached hydrogens (tertiary/aromatic N) is 5. The highest BCUT2D eigenvalue weighted by molar-refractivity contribution is 6.33. The summed E-state index contributed by atoms with van der Waals surface area (Å²) in [5.74, 6) is -0.0927. The minimum Gasteiger partial charge on any atom is -0.355 e. The Bertz CT molecular complexity index is 761. The van der Waals surface area contributed by atoms with Crippen LogP contribution in [-0.4, -0.2) is 42.0 Å². The molecule has 150 valence electrons. The first-order chi connectivity index (χ1) is 13.3. The summed E-state index contributed by atoms with van der Waals surface area (Å²) in [5.41, 5.74) is -0.906. The highest BCUT2D eigenvalue weighted by Gasteiger charge is 2.33. The minimum absolute atomic E-state index is 0.0794. The average Bonchev–Trinajstić information content (AvgIpc) is 2.67. The Morgan fingerprint density at radius 2 is 1.82 bits per heavy atom. The molecule has 0 atom stereocenters. The van der Waals surface area contributed by atoms with Crippen LogP contribution in [0.1, 0.15) is 31.2 Å². The van der Waals surface area contributed by atoms with Crippen molar-refractivity contribution in [3.05, 3.63) is 22.8 Å². The van der Waals surface area contributed by atoms with Gasteiger partial charge in [0.1, 0.15) is 5.82 Å². The Morgan fingerprint density at radius 3 is 2.29 bits per heavy atom. The van der Waals surface area contributed by atoms with Crippen molar-refractivity contribution in [1.82, 2.24) is 9.88 Å². The molecule has 1 fully saturated rings. The van der Waals surface area contributed by atoms with E-state index < -0.39 is 11.7 Å². The quantitative estimate of drug-likeness (QED) is 0.711. The highest BCUT2D eigenvalue weighted by atomic mass is 35.5. The number of anilines is 1. The van der Waals surface area contributed by atoms with Gasteiger partial charge in [0.2, 0.25) is 5.91 Å². The molecule has 0 aliphatic carbocycles. The van der Waals surface area contributed by atoms with Gasteiger partial charge in [0.25, 0.3) is 0 Å². The van der Waals surface area contributed by atoms with Gasteiger partial charge in [-0.2, -0.15) is 23.7 Å². The van der Waals surface area contributed by atoms with Crippen molar-refractivity contribution in [2.75, 3.05) is 31.1 Å². The second kappa shape index (κ2) is 9.61. The van der Waals surface area contributed by atoms with E-state index in [-0.39, 0.29) is 48.6 Å². The summed E-state index contributed by atoms with van der Waals surface area (Å²) in [6.45, 7) is 1.42. The number of pyridine rings is 1. The SMILES string of the molecule is N#CCCN(CCC#N)C(=O)C1CCN(c2ncc(C(F)(F)F)cc2Cl)CC1. The normalized spacial score (nSPS) is 15.0. The van der Waals surface area contributed by atoms with Gasteiger partial charge in [-0.25, -0.2) is 4.98 Å². The summed E-state index contributed by atoms with van der Waals surface area (Å²) < 4.78 is 38.2. The van der Waals surface area contributed by atoms with E-state index in [4.69, 9.17) is 22.1 Å². The van der Waals surface area contributed by atoms with Crippen LogP contribution < -0.4 is 4.90 Å². The number of alkyl halides is 3. The van der Waals surface area contributed by atoms with Crippen molar-refractivity contribution < 1.29 is 18.0 Å². The lowest BCUT2D eigenvalue weighted by Crippen LogP contribution is -2.43. The average molecular weight is 414 g/mol. The molecule has 0 unspecified atom stereocenters. The summed E-state index contributed by atoms with van der Waals surface area (Å²) in [6.07, 6.45) is -2.38. The monoisotopic (exact) mass is 413 g/mol. The van der Waals surface area contributed by atoms with Gasteiger partial charge in [-0.1, -0.05) is 11.6 Å². The molecule has 0 N–H and O–H groups in total. The molecule has 1 aromatic rings. The highest BCUT2D eigenvalue weighted by Crippen LogP contribution is 2.34. The van der Waals surface area contributed by atoms with Crippen LogP contribution in [0.4, 0.5) is 19.0 Å². The number of carbonyl (C=O) groups is 1. The predicted octanol–water partition coefficient (Wildman–Crippen LogP) is 3.63. The topological polar surface area (TPSA) is 84.0 Å². The molecule has 1 aliphatic rings. The maximum atomic E-state index is 12.7. The molecule has 0 saturated carbocycles. The van der Waals surface area contributed by atoms with Gasteiger partial charge in [0.05, 0.1) is 35.6 Å². The van der Waals surface area contributed by atoms with Crippen molar-refractivity contribution in [2.45, 2.75) is 31.9 Å². The second-order valence-electron chi connectivity index (χ2n) is 6.43. The molecule has 1 saturated heterocycles. The van der Waals surface area contributed by atoms with E-state index in [2.05, 4.69) is 4.98 Å². The number of rotatable bonds is 6. The summed E-state index contributed by atoms with van der Waals surface area (Å²) in [5, 5.41) is 17.4. The molecule has 28 heavy (non-hydrogen) atoms. The summed E-state index contributed by atoms with van der Waals surface area (Å²) in [7, 11) is 0. The smallest absolute Gasteiger partial charge is 0.355 e. The Labute approximate surface area is 166 Å². The molecule has 1 aliphatic heterocycles. The van der Waals surface area contributed by atoms with Crippen LogP contribution in [0, 0.1) is 28.6 Å². The van der Waals surface area contributed by atoms with E-state index in [0.717, 1.165) is 12.3 Å². The molecule has 1 aromatic heterocycles. The van der Waals surface area contributed by atoms with E-state index >= 15 is 0 Å². The molecule has 0 bridgehead atoms. The van der Waals surface area contributed by atoms with Crippen LogP contribution in [0.3, 0.4) is 0 Å². The number of halogens is 4. The molecular formula is C18H19ClF3N5O. The molecule has 2 heterocycles. The minimum atomic E-state index is -4.51. The summed E-state index contributed by atoms with van der Waals surface area (Å²) >= 11 is 5.99. The molecule has 2 rings (SSSR count). The molecule has 6 nitrogen and oxygen atoms in total. The van der Waals surface area contributed by atoms with Crippen molar-refractivity contribution in [2.24, 2.45) is 5.92 Å². The zero-order valence-electron chi connectivity index (χ0n) is 15.0. The van der Waals surface area contributed by atoms with Gasteiger partial charge in [-0.3, -0.25) is 4.79 Å². The number of nitriles is 2. The largest absolute Gasteiger partial charge is 0.417 e. The second-order valence-corrected chi connectivity index (χ2v) is 6.84. The van der Waals surface area contributed by atoms with Crippen LogP contribution >= 0.6 is 11.6 Å². The molecule has 0 spiro atoms. The van der Waals surface area contributed by atoms with Gasteiger partial charge in [0, 0.05) is 38.3 Å². The van der Waals surface area contributed by atoms with E-state index in [9.17, 15) is 18.0 Å². The first-order valence-corrected chi connectivity index (χ1v) is 9.16. The molecular weight excluding hydrogens is 395 g/mol. The molecule has 1 amide bonds. The summed E-state index contributed by atoms with van der Waals surface area (Å²) in [4.78, 5) is 19.9. The zero-order chi connectivity index (χ0) is 20.7. The maximum absolute atomic E-state index is 12.7. The maximum Gasteiger partial charge on any atom is 0.417 e. The van der Waals surface area contributed by atoms with Crippen molar-refractivity contribution in [3.8, 4) is 12.1 Å². The van der Waals surface area contributed by atoms with E-state index in [0.29, 0.717) is 25.9 Å². The molecule has 10 heteroatoms. The van der Waals surface area contributed by atoms with Crippen molar-refractivity contribution >= 4 is 23.3 Å². The Kier molecular flexibility index (Phi) is 7.47. The van der Waals surface area contributed by atoms with Crippen molar-refractivity contribution in [1.29, 1.82) is 10.5 Å². The van der Waals surface area contributed by atoms with Gasteiger partial charge in [0.15, 0.2) is 0 Å². The van der Waals surface area contributed by atoms with Crippen LogP contribution in [0.5, 0.6) is 0 Å². The lowest BCUT2D eigenvalue weighted by Gasteiger charge is -2.35. The third kappa shape index (κ3) is 5.49. The number of aromatic nitrogens is 1. The van der Waals surface area contributed by atoms with Gasteiger partial charge < -0.3 is 9.80 Å². The van der Waals surface area contributed by atoms with Crippen LogP contribution in [-0.2, 0) is 11.0 Å². The standard InChI is InChI=1S/C18H19ClF3N5O/c19-15-11-14(18(20,21)22)12-25-16(15)26-9-3-13(4-10-26)17(28)27(7-1-5-23)8-2-6-24/h11-13H,1-4,7-10H2. The number of amides is 1. The Balaban J connectivity index is 2.01. The Hall–Kier alpha value is -2.52. The van der Waals surface area contributed by atoms with Gasteiger partial charge >= 0.3 is 6.18 Å². The number of hydrogen-bond donors (Lipinski definition) is 0. The third-order valence-corrected chi connectivity index (χ3v) is 4.87. The third-order valence-electron chi connectivity index (χ3n) is 4.59. The fourth-order valence-electron chi connectivity index (χ4n) is 3.12. The van der Waals surface area contributed by atoms with Crippen LogP contribution in [0.2, 0.25) is 5.02 Å². The zero-order valence-corrected chi connectivity index (χ0v) is 15.8. The lowest BCUT2D eigenvalue weighted by atomic mass is 9.95. The fourth-order valence-corrected chi connectivity index (χ4v) is 3.40. The van der Waals surface area contributed by atoms with Crippen LogP contribution in [0.15, 0.2) is 12.3 Å².